The van der Waals surface area contributed by atoms with Crippen LogP contribution >= 0.6 is 68.0 Å². The van der Waals surface area contributed by atoms with Gasteiger partial charge in [-0.1, -0.05) is 45.2 Å². The molecule has 0 radical (unpaired) electrons. The first kappa shape index (κ1) is 30.6. The molecule has 0 atom stereocenters. The van der Waals surface area contributed by atoms with Crippen molar-refractivity contribution < 1.29 is 24.0 Å². The van der Waals surface area contributed by atoms with Gasteiger partial charge >= 0.3 is 0 Å². The number of alkyl halides is 2. The van der Waals surface area contributed by atoms with Gasteiger partial charge < -0.3 is 21.3 Å². The molecular formula is C20H32I3N5O5. The molecule has 0 aromatic rings. The molecule has 5 rings (SSSR count). The smallest absolute Gasteiger partial charge is 0.257 e. The van der Waals surface area contributed by atoms with Crippen molar-refractivity contribution in [2.24, 2.45) is 0 Å². The van der Waals surface area contributed by atoms with Crippen molar-refractivity contribution in [1.29, 1.82) is 0 Å². The summed E-state index contributed by atoms with van der Waals surface area (Å²) in [5.41, 5.74) is 0. The van der Waals surface area contributed by atoms with E-state index in [0.717, 1.165) is 90.5 Å². The Morgan fingerprint density at radius 3 is 0.970 bits per heavy atom. The third kappa shape index (κ3) is 14.5. The van der Waals surface area contributed by atoms with Crippen LogP contribution in [0.15, 0.2) is 0 Å². The zero-order chi connectivity index (χ0) is 24.7. The minimum absolute atomic E-state index is 0.156. The Bertz CT molecular complexity index is 581. The van der Waals surface area contributed by atoms with Crippen LogP contribution < -0.4 is 21.3 Å². The van der Waals surface area contributed by atoms with Gasteiger partial charge in [-0.05, 0) is 32.1 Å². The van der Waals surface area contributed by atoms with Crippen LogP contribution in [-0.4, -0.2) is 66.8 Å². The summed E-state index contributed by atoms with van der Waals surface area (Å²) in [6.45, 7) is 4.45. The number of hydrogen-bond acceptors (Lipinski definition) is 5. The van der Waals surface area contributed by atoms with E-state index in [2.05, 4.69) is 89.3 Å². The summed E-state index contributed by atoms with van der Waals surface area (Å²) in [7, 11) is 0. The first-order valence-corrected chi connectivity index (χ1v) is 14.2. The predicted octanol–water partition coefficient (Wildman–Crippen LogP) is 1.72. The summed E-state index contributed by atoms with van der Waals surface area (Å²) in [5.74, 6) is 1.05. The monoisotopic (exact) mass is 803 g/mol. The van der Waals surface area contributed by atoms with E-state index in [9.17, 15) is 24.0 Å². The minimum Gasteiger partial charge on any atom is -0.356 e. The molecule has 0 bridgehead atoms. The van der Waals surface area contributed by atoms with Crippen LogP contribution in [0.1, 0.15) is 57.8 Å². The number of nitrogens with one attached hydrogen (secondary N) is 4. The second-order valence-electron chi connectivity index (χ2n) is 7.66. The number of carbonyl (C=O) groups is 5. The zero-order valence-electron chi connectivity index (χ0n) is 18.5. The average Bonchev–Trinajstić information content (AvgIpc) is 3.60. The van der Waals surface area contributed by atoms with Gasteiger partial charge in [-0.2, -0.15) is 0 Å². The molecule has 5 amide bonds. The van der Waals surface area contributed by atoms with Crippen LogP contribution in [0, 0.1) is 0 Å². The maximum Gasteiger partial charge on any atom is 0.257 e. The quantitative estimate of drug-likeness (QED) is 0.168. The van der Waals surface area contributed by atoms with Crippen molar-refractivity contribution in [3.05, 3.63) is 0 Å². The van der Waals surface area contributed by atoms with Crippen molar-refractivity contribution >= 4 is 97.6 Å². The highest BCUT2D eigenvalue weighted by molar-refractivity contribution is 14.2. The number of rotatable bonds is 0. The normalized spacial score (nSPS) is 22.2. The Morgan fingerprint density at radius 2 is 0.909 bits per heavy atom. The first-order valence-electron chi connectivity index (χ1n) is 11.0. The fraction of sp³-hybridized carbons (Fsp3) is 0.750. The maximum atomic E-state index is 11.1. The van der Waals surface area contributed by atoms with Gasteiger partial charge in [0.15, 0.2) is 1.43 Å². The highest BCUT2D eigenvalue weighted by atomic mass is 127. The van der Waals surface area contributed by atoms with Gasteiger partial charge in [0.2, 0.25) is 23.6 Å². The number of hydrogen-bond donors (Lipinski definition) is 4. The van der Waals surface area contributed by atoms with Crippen LogP contribution in [0.5, 0.6) is 0 Å². The summed E-state index contributed by atoms with van der Waals surface area (Å²) in [5, 5.41) is 10.7. The number of nitrogens with zero attached hydrogens (tertiary/aromatic N) is 1. The molecule has 0 saturated carbocycles. The minimum atomic E-state index is -0.156. The Balaban J connectivity index is 0.000000209. The van der Waals surface area contributed by atoms with Crippen LogP contribution in [0.2, 0.25) is 0 Å². The molecule has 4 N–H and O–H groups in total. The van der Waals surface area contributed by atoms with Gasteiger partial charge in [-0.25, -0.2) is 0 Å². The molecule has 13 heteroatoms. The lowest BCUT2D eigenvalue weighted by molar-refractivity contribution is -0.122. The van der Waals surface area contributed by atoms with Crippen molar-refractivity contribution in [3.63, 3.8) is 0 Å². The third-order valence-corrected chi connectivity index (χ3v) is 7.69. The van der Waals surface area contributed by atoms with E-state index in [4.69, 9.17) is 0 Å². The molecule has 10 nitrogen and oxygen atoms in total. The molecule has 0 aliphatic carbocycles. The summed E-state index contributed by atoms with van der Waals surface area (Å²) < 4.78 is 1.59. The second-order valence-corrected chi connectivity index (χ2v) is 14.6. The van der Waals surface area contributed by atoms with E-state index in [-0.39, 0.29) is 31.0 Å². The number of amides is 5. The largest absolute Gasteiger partial charge is 0.356 e. The molecule has 5 aliphatic heterocycles. The second kappa shape index (κ2) is 17.0. The van der Waals surface area contributed by atoms with Gasteiger partial charge in [0.25, 0.3) is 5.91 Å². The molecule has 5 aliphatic rings. The van der Waals surface area contributed by atoms with E-state index in [1.54, 1.807) is 3.11 Å². The Kier molecular flexibility index (Phi) is 15.8. The molecule has 0 aromatic carbocycles. The molecule has 0 aromatic heterocycles. The van der Waals surface area contributed by atoms with E-state index < -0.39 is 0 Å². The topological polar surface area (TPSA) is 137 Å². The molecule has 5 saturated heterocycles. The highest BCUT2D eigenvalue weighted by Gasteiger charge is 2.41. The van der Waals surface area contributed by atoms with E-state index >= 15 is 0 Å². The molecule has 5 heterocycles. The van der Waals surface area contributed by atoms with Crippen LogP contribution in [0.25, 0.3) is 0 Å². The highest BCUT2D eigenvalue weighted by Crippen LogP contribution is 2.39. The van der Waals surface area contributed by atoms with Crippen LogP contribution in [0.4, 0.5) is 0 Å². The van der Waals surface area contributed by atoms with E-state index in [1.807, 2.05) is 0 Å². The number of carbonyl (C=O) groups excluding carboxylic acids is 5. The van der Waals surface area contributed by atoms with Crippen molar-refractivity contribution in [1.82, 2.24) is 24.4 Å². The van der Waals surface area contributed by atoms with Crippen LogP contribution in [0.3, 0.4) is 0 Å². The zero-order valence-corrected chi connectivity index (χ0v) is 25.0. The van der Waals surface area contributed by atoms with Gasteiger partial charge in [0.1, 0.15) is 0 Å². The standard InChI is InChI=1S/C4H4I3NO.4C4H7NO/c5-4(6)1-2-8(7)3(4)9;4*6-4-2-1-3-5-4/h1-2H2;4*1-3H2,(H,5,6). The summed E-state index contributed by atoms with van der Waals surface area (Å²) in [6.07, 6.45) is 8.02. The van der Waals surface area contributed by atoms with Gasteiger partial charge in [0.05, 0.1) is 22.9 Å². The average molecular weight is 803 g/mol. The lowest BCUT2D eigenvalue weighted by Crippen LogP contribution is -2.23. The number of halogens is 3. The Morgan fingerprint density at radius 1 is 0.606 bits per heavy atom. The SMILES string of the molecule is O=C1CCCN1.O=C1CCCN1.O=C1CCCN1.O=C1CCCN1.O=C1N(I)CCC1(I)I. The summed E-state index contributed by atoms with van der Waals surface area (Å²) in [6, 6.07) is 0. The van der Waals surface area contributed by atoms with Crippen molar-refractivity contribution in [3.8, 4) is 0 Å². The molecule has 0 spiro atoms. The van der Waals surface area contributed by atoms with Gasteiger partial charge in [-0.15, -0.1) is 0 Å². The molecule has 0 unspecified atom stereocenters. The summed E-state index contributed by atoms with van der Waals surface area (Å²) in [4.78, 5) is 51.7. The predicted molar refractivity (Wildman–Crippen MR) is 150 cm³/mol. The fourth-order valence-corrected chi connectivity index (χ4v) is 5.53. The molecular weight excluding hydrogens is 771 g/mol. The third-order valence-electron chi connectivity index (χ3n) is 4.77. The summed E-state index contributed by atoms with van der Waals surface area (Å²) >= 11 is 6.45. The maximum absolute atomic E-state index is 11.1. The van der Waals surface area contributed by atoms with Crippen molar-refractivity contribution in [2.45, 2.75) is 59.2 Å². The Labute approximate surface area is 236 Å². The Hall–Kier alpha value is -0.460. The molecule has 188 valence electrons. The van der Waals surface area contributed by atoms with Crippen LogP contribution in [-0.2, 0) is 24.0 Å². The van der Waals surface area contributed by atoms with Gasteiger partial charge in [-0.3, -0.25) is 27.1 Å². The first-order chi connectivity index (χ1) is 15.6. The lowest BCUT2D eigenvalue weighted by atomic mass is 10.4. The fourth-order valence-electron chi connectivity index (χ4n) is 2.89. The van der Waals surface area contributed by atoms with Crippen molar-refractivity contribution in [2.75, 3.05) is 32.7 Å². The van der Waals surface area contributed by atoms with Gasteiger partial charge in [0, 0.05) is 58.4 Å². The molecule has 33 heavy (non-hydrogen) atoms. The molecule has 5 fully saturated rings. The van der Waals surface area contributed by atoms with E-state index in [1.165, 1.54) is 0 Å². The van der Waals surface area contributed by atoms with E-state index in [0.29, 0.717) is 0 Å². The lowest BCUT2D eigenvalue weighted by Gasteiger charge is -2.08.